The Morgan fingerprint density at radius 3 is 2.81 bits per heavy atom. The number of hydrogen-bond acceptors (Lipinski definition) is 7. The molecule has 1 aliphatic heterocycles. The number of amides is 1. The molecule has 2 N–H and O–H groups in total. The van der Waals surface area contributed by atoms with Crippen molar-refractivity contribution in [3.05, 3.63) is 41.7 Å². The van der Waals surface area contributed by atoms with E-state index in [0.29, 0.717) is 24.4 Å². The maximum absolute atomic E-state index is 12.7. The van der Waals surface area contributed by atoms with E-state index in [9.17, 15) is 18.0 Å². The molecule has 2 aromatic heterocycles. The molecular formula is C16H18N4O6S. The largest absolute Gasteiger partial charge is 0.475 e. The number of sulfonamides is 1. The molecule has 1 aliphatic rings. The summed E-state index contributed by atoms with van der Waals surface area (Å²) in [4.78, 5) is 31.6. The third-order valence-corrected chi connectivity index (χ3v) is 5.92. The monoisotopic (exact) mass is 394 g/mol. The minimum absolute atomic E-state index is 0.149. The zero-order chi connectivity index (χ0) is 19.6. The van der Waals surface area contributed by atoms with Gasteiger partial charge < -0.3 is 14.8 Å². The summed E-state index contributed by atoms with van der Waals surface area (Å²) in [5, 5.41) is 11.1. The first-order valence-corrected chi connectivity index (χ1v) is 9.64. The molecule has 2 aromatic rings. The molecule has 11 heteroatoms. The van der Waals surface area contributed by atoms with Crippen LogP contribution in [0.1, 0.15) is 34.9 Å². The molecule has 1 unspecified atom stereocenters. The number of carboxylic acid groups (broad SMARTS) is 1. The second-order valence-electron chi connectivity index (χ2n) is 6.01. The van der Waals surface area contributed by atoms with Crippen molar-refractivity contribution < 1.29 is 27.5 Å². The molecule has 3 heterocycles. The summed E-state index contributed by atoms with van der Waals surface area (Å²) in [6.07, 6.45) is 2.45. The van der Waals surface area contributed by atoms with Gasteiger partial charge in [-0.3, -0.25) is 4.79 Å². The van der Waals surface area contributed by atoms with Gasteiger partial charge in [-0.05, 0) is 38.0 Å². The van der Waals surface area contributed by atoms with Gasteiger partial charge >= 0.3 is 5.97 Å². The van der Waals surface area contributed by atoms with Crippen LogP contribution in [0.4, 0.5) is 0 Å². The van der Waals surface area contributed by atoms with E-state index < -0.39 is 38.8 Å². The predicted octanol–water partition coefficient (Wildman–Crippen LogP) is 0.546. The third-order valence-electron chi connectivity index (χ3n) is 4.14. The normalized spacial score (nSPS) is 17.7. The van der Waals surface area contributed by atoms with E-state index in [2.05, 4.69) is 15.3 Å². The van der Waals surface area contributed by atoms with E-state index >= 15 is 0 Å². The first-order valence-electron chi connectivity index (χ1n) is 8.20. The maximum atomic E-state index is 12.7. The Balaban J connectivity index is 1.73. The van der Waals surface area contributed by atoms with Crippen LogP contribution < -0.4 is 5.32 Å². The van der Waals surface area contributed by atoms with E-state index in [0.717, 1.165) is 16.4 Å². The van der Waals surface area contributed by atoms with Crippen LogP contribution in [0.15, 0.2) is 33.9 Å². The number of rotatable bonds is 6. The second-order valence-corrected chi connectivity index (χ2v) is 7.83. The van der Waals surface area contributed by atoms with Gasteiger partial charge in [0.25, 0.3) is 10.0 Å². The summed E-state index contributed by atoms with van der Waals surface area (Å²) in [7, 11) is -4.12. The molecular weight excluding hydrogens is 376 g/mol. The fourth-order valence-corrected chi connectivity index (χ4v) is 4.45. The van der Waals surface area contributed by atoms with Gasteiger partial charge in [0.15, 0.2) is 0 Å². The first-order chi connectivity index (χ1) is 12.8. The van der Waals surface area contributed by atoms with Gasteiger partial charge in [-0.2, -0.15) is 4.31 Å². The Morgan fingerprint density at radius 1 is 1.37 bits per heavy atom. The van der Waals surface area contributed by atoms with Gasteiger partial charge in [0.05, 0.1) is 12.2 Å². The molecule has 10 nitrogen and oxygen atoms in total. The van der Waals surface area contributed by atoms with Crippen molar-refractivity contribution in [2.24, 2.45) is 0 Å². The van der Waals surface area contributed by atoms with E-state index in [1.807, 2.05) is 0 Å². The van der Waals surface area contributed by atoms with E-state index in [1.54, 1.807) is 19.2 Å². The number of carbonyl (C=O) groups is 2. The van der Waals surface area contributed by atoms with Gasteiger partial charge in [-0.25, -0.2) is 23.2 Å². The van der Waals surface area contributed by atoms with Crippen molar-refractivity contribution >= 4 is 21.9 Å². The van der Waals surface area contributed by atoms with Crippen LogP contribution >= 0.6 is 0 Å². The van der Waals surface area contributed by atoms with Crippen LogP contribution in [0.25, 0.3) is 0 Å². The molecule has 1 atom stereocenters. The molecule has 0 aliphatic carbocycles. The molecule has 27 heavy (non-hydrogen) atoms. The quantitative estimate of drug-likeness (QED) is 0.723. The first kappa shape index (κ1) is 19.0. The molecule has 0 saturated carbocycles. The van der Waals surface area contributed by atoms with E-state index in [1.165, 1.54) is 0 Å². The fraction of sp³-hybridized carbons (Fsp3) is 0.375. The number of hydrogen-bond donors (Lipinski definition) is 2. The highest BCUT2D eigenvalue weighted by molar-refractivity contribution is 7.89. The molecule has 0 bridgehead atoms. The summed E-state index contributed by atoms with van der Waals surface area (Å²) in [6.45, 7) is 2.03. The summed E-state index contributed by atoms with van der Waals surface area (Å²) in [6, 6.07) is 2.91. The molecule has 0 radical (unpaired) electrons. The number of aromatic carboxylic acids is 1. The summed E-state index contributed by atoms with van der Waals surface area (Å²) in [5.74, 6) is -1.73. The zero-order valence-electron chi connectivity index (χ0n) is 14.5. The summed E-state index contributed by atoms with van der Waals surface area (Å²) < 4.78 is 31.4. The smallest absolute Gasteiger partial charge is 0.371 e. The predicted molar refractivity (Wildman–Crippen MR) is 91.2 cm³/mol. The highest BCUT2D eigenvalue weighted by Gasteiger charge is 2.41. The topological polar surface area (TPSA) is 143 Å². The van der Waals surface area contributed by atoms with Gasteiger partial charge in [-0.15, -0.1) is 0 Å². The Kier molecular flexibility index (Phi) is 5.24. The SMILES string of the molecule is Cc1nccc(CNC(=O)C2CCCN2S(=O)(=O)c2ccc(C(=O)O)o2)n1. The maximum Gasteiger partial charge on any atom is 0.371 e. The van der Waals surface area contributed by atoms with Gasteiger partial charge in [0.2, 0.25) is 16.8 Å². The lowest BCUT2D eigenvalue weighted by Crippen LogP contribution is -2.45. The molecule has 3 rings (SSSR count). The van der Waals surface area contributed by atoms with Crippen molar-refractivity contribution in [3.8, 4) is 0 Å². The Bertz CT molecular complexity index is 971. The number of furan rings is 1. The van der Waals surface area contributed by atoms with Crippen LogP contribution in [-0.2, 0) is 21.4 Å². The number of aryl methyl sites for hydroxylation is 1. The summed E-state index contributed by atoms with van der Waals surface area (Å²) in [5.41, 5.74) is 0.611. The van der Waals surface area contributed by atoms with Crippen LogP contribution in [0.2, 0.25) is 0 Å². The van der Waals surface area contributed by atoms with Crippen LogP contribution in [0.5, 0.6) is 0 Å². The number of nitrogens with one attached hydrogen (secondary N) is 1. The molecule has 1 fully saturated rings. The Hall–Kier alpha value is -2.79. The van der Waals surface area contributed by atoms with Crippen LogP contribution in [-0.4, -0.2) is 52.3 Å². The lowest BCUT2D eigenvalue weighted by molar-refractivity contribution is -0.124. The molecule has 0 aromatic carbocycles. The average molecular weight is 394 g/mol. The highest BCUT2D eigenvalue weighted by atomic mass is 32.2. The van der Waals surface area contributed by atoms with Crippen LogP contribution in [0.3, 0.4) is 0 Å². The molecule has 144 valence electrons. The number of carbonyl (C=O) groups excluding carboxylic acids is 1. The Morgan fingerprint density at radius 2 is 2.15 bits per heavy atom. The van der Waals surface area contributed by atoms with Crippen molar-refractivity contribution in [2.75, 3.05) is 6.54 Å². The minimum atomic E-state index is -4.12. The summed E-state index contributed by atoms with van der Waals surface area (Å²) >= 11 is 0. The second kappa shape index (κ2) is 7.45. The zero-order valence-corrected chi connectivity index (χ0v) is 15.3. The van der Waals surface area contributed by atoms with E-state index in [-0.39, 0.29) is 13.1 Å². The minimum Gasteiger partial charge on any atom is -0.475 e. The van der Waals surface area contributed by atoms with Crippen LogP contribution in [0, 0.1) is 6.92 Å². The molecule has 1 amide bonds. The van der Waals surface area contributed by atoms with Crippen molar-refractivity contribution in [3.63, 3.8) is 0 Å². The third kappa shape index (κ3) is 3.98. The number of aromatic nitrogens is 2. The Labute approximate surface area is 155 Å². The van der Waals surface area contributed by atoms with Gasteiger partial charge in [0.1, 0.15) is 11.9 Å². The standard InChI is InChI=1S/C16H18N4O6S/c1-10-17-7-6-11(19-10)9-18-15(21)12-3-2-8-20(12)27(24,25)14-5-4-13(26-14)16(22)23/h4-7,12H,2-3,8-9H2,1H3,(H,18,21)(H,22,23). The van der Waals surface area contributed by atoms with Crippen molar-refractivity contribution in [1.82, 2.24) is 19.6 Å². The molecule has 0 spiro atoms. The average Bonchev–Trinajstić information content (AvgIpc) is 3.29. The van der Waals surface area contributed by atoms with E-state index in [4.69, 9.17) is 9.52 Å². The lowest BCUT2D eigenvalue weighted by atomic mass is 10.2. The van der Waals surface area contributed by atoms with Crippen molar-refractivity contribution in [2.45, 2.75) is 37.4 Å². The van der Waals surface area contributed by atoms with Gasteiger partial charge in [0, 0.05) is 12.7 Å². The number of nitrogens with zero attached hydrogens (tertiary/aromatic N) is 3. The van der Waals surface area contributed by atoms with Crippen molar-refractivity contribution in [1.29, 1.82) is 0 Å². The lowest BCUT2D eigenvalue weighted by Gasteiger charge is -2.22. The highest BCUT2D eigenvalue weighted by Crippen LogP contribution is 2.27. The number of carboxylic acids is 1. The van der Waals surface area contributed by atoms with Gasteiger partial charge in [-0.1, -0.05) is 0 Å². The molecule has 1 saturated heterocycles. The fourth-order valence-electron chi connectivity index (χ4n) is 2.88.